The predicted octanol–water partition coefficient (Wildman–Crippen LogP) is 3.38. The van der Waals surface area contributed by atoms with E-state index in [1.807, 2.05) is 7.05 Å². The predicted molar refractivity (Wildman–Crippen MR) is 80.9 cm³/mol. The smallest absolute Gasteiger partial charge is 0.000662 e. The Morgan fingerprint density at radius 1 is 1.11 bits per heavy atom. The second-order valence-electron chi connectivity index (χ2n) is 7.30. The van der Waals surface area contributed by atoms with Crippen LogP contribution in [0.3, 0.4) is 0 Å². The summed E-state index contributed by atoms with van der Waals surface area (Å²) in [4.78, 5) is 2.53. The molecular formula is C16H34N2. The Kier molecular flexibility index (Phi) is 6.65. The monoisotopic (exact) mass is 254 g/mol. The van der Waals surface area contributed by atoms with Gasteiger partial charge < -0.3 is 10.2 Å². The van der Waals surface area contributed by atoms with Gasteiger partial charge in [-0.25, -0.2) is 0 Å². The quantitative estimate of drug-likeness (QED) is 0.731. The summed E-state index contributed by atoms with van der Waals surface area (Å²) in [6, 6.07) is 0. The van der Waals surface area contributed by atoms with Gasteiger partial charge in [-0.3, -0.25) is 0 Å². The molecule has 1 aliphatic rings. The second kappa shape index (κ2) is 7.49. The molecule has 0 heterocycles. The first-order valence-corrected chi connectivity index (χ1v) is 7.76. The van der Waals surface area contributed by atoms with Crippen LogP contribution >= 0.6 is 0 Å². The molecule has 0 radical (unpaired) electrons. The van der Waals surface area contributed by atoms with Crippen LogP contribution in [-0.2, 0) is 0 Å². The van der Waals surface area contributed by atoms with E-state index in [1.165, 1.54) is 45.2 Å². The van der Waals surface area contributed by atoms with E-state index < -0.39 is 0 Å². The lowest BCUT2D eigenvalue weighted by molar-refractivity contribution is 0.131. The number of nitrogens with zero attached hydrogens (tertiary/aromatic N) is 1. The molecule has 108 valence electrons. The van der Waals surface area contributed by atoms with Gasteiger partial charge in [0, 0.05) is 6.54 Å². The maximum absolute atomic E-state index is 3.22. The molecule has 0 aliphatic heterocycles. The van der Waals surface area contributed by atoms with E-state index in [0.29, 0.717) is 5.41 Å². The van der Waals surface area contributed by atoms with Crippen LogP contribution in [0, 0.1) is 17.3 Å². The first-order chi connectivity index (χ1) is 8.43. The fourth-order valence-corrected chi connectivity index (χ4v) is 3.27. The summed E-state index contributed by atoms with van der Waals surface area (Å²) < 4.78 is 0. The van der Waals surface area contributed by atoms with Crippen molar-refractivity contribution in [2.24, 2.45) is 17.3 Å². The van der Waals surface area contributed by atoms with Crippen molar-refractivity contribution in [2.75, 3.05) is 33.7 Å². The van der Waals surface area contributed by atoms with Gasteiger partial charge in [-0.2, -0.15) is 0 Å². The highest BCUT2D eigenvalue weighted by molar-refractivity contribution is 4.81. The highest BCUT2D eigenvalue weighted by Crippen LogP contribution is 2.39. The SMILES string of the molecule is CNCCCN(C)CC1CCC(C(C)(C)C)CC1. The lowest BCUT2D eigenvalue weighted by Gasteiger charge is -2.38. The van der Waals surface area contributed by atoms with Crippen molar-refractivity contribution < 1.29 is 0 Å². The summed E-state index contributed by atoms with van der Waals surface area (Å²) in [7, 11) is 4.32. The van der Waals surface area contributed by atoms with Gasteiger partial charge in [0.1, 0.15) is 0 Å². The van der Waals surface area contributed by atoms with Crippen molar-refractivity contribution >= 4 is 0 Å². The van der Waals surface area contributed by atoms with Crippen LogP contribution in [0.1, 0.15) is 52.9 Å². The Bertz CT molecular complexity index is 212. The molecule has 1 rings (SSSR count). The number of hydrogen-bond acceptors (Lipinski definition) is 2. The fourth-order valence-electron chi connectivity index (χ4n) is 3.27. The molecule has 18 heavy (non-hydrogen) atoms. The summed E-state index contributed by atoms with van der Waals surface area (Å²) in [5.41, 5.74) is 0.518. The summed E-state index contributed by atoms with van der Waals surface area (Å²) in [5, 5.41) is 3.22. The Morgan fingerprint density at radius 3 is 2.22 bits per heavy atom. The van der Waals surface area contributed by atoms with Gasteiger partial charge in [0.25, 0.3) is 0 Å². The van der Waals surface area contributed by atoms with Gasteiger partial charge in [-0.1, -0.05) is 20.8 Å². The molecule has 0 bridgehead atoms. The minimum Gasteiger partial charge on any atom is -0.320 e. The van der Waals surface area contributed by atoms with Crippen LogP contribution in [0.15, 0.2) is 0 Å². The number of nitrogens with one attached hydrogen (secondary N) is 1. The average molecular weight is 254 g/mol. The van der Waals surface area contributed by atoms with E-state index >= 15 is 0 Å². The summed E-state index contributed by atoms with van der Waals surface area (Å²) in [6.07, 6.45) is 7.04. The van der Waals surface area contributed by atoms with Gasteiger partial charge in [0.15, 0.2) is 0 Å². The van der Waals surface area contributed by atoms with Crippen molar-refractivity contribution in [1.82, 2.24) is 10.2 Å². The van der Waals surface area contributed by atoms with Gasteiger partial charge in [-0.05, 0) is 76.5 Å². The van der Waals surface area contributed by atoms with Crippen molar-refractivity contribution in [2.45, 2.75) is 52.9 Å². The van der Waals surface area contributed by atoms with Crippen LogP contribution < -0.4 is 5.32 Å². The summed E-state index contributed by atoms with van der Waals surface area (Å²) in [5.74, 6) is 1.89. The summed E-state index contributed by atoms with van der Waals surface area (Å²) in [6.45, 7) is 10.9. The highest BCUT2D eigenvalue weighted by atomic mass is 15.1. The maximum atomic E-state index is 3.22. The van der Waals surface area contributed by atoms with Gasteiger partial charge in [-0.15, -0.1) is 0 Å². The first-order valence-electron chi connectivity index (χ1n) is 7.76. The van der Waals surface area contributed by atoms with Gasteiger partial charge in [0.05, 0.1) is 0 Å². The Labute approximate surface area is 115 Å². The van der Waals surface area contributed by atoms with E-state index in [2.05, 4.69) is 38.0 Å². The van der Waals surface area contributed by atoms with Crippen molar-refractivity contribution in [3.05, 3.63) is 0 Å². The molecule has 0 unspecified atom stereocenters. The molecule has 0 saturated heterocycles. The molecule has 0 spiro atoms. The van der Waals surface area contributed by atoms with Crippen molar-refractivity contribution in [3.63, 3.8) is 0 Å². The molecular weight excluding hydrogens is 220 g/mol. The molecule has 1 fully saturated rings. The third kappa shape index (κ3) is 5.71. The van der Waals surface area contributed by atoms with Gasteiger partial charge >= 0.3 is 0 Å². The van der Waals surface area contributed by atoms with Crippen LogP contribution in [0.25, 0.3) is 0 Å². The zero-order valence-corrected chi connectivity index (χ0v) is 13.3. The molecule has 1 saturated carbocycles. The Balaban J connectivity index is 2.19. The second-order valence-corrected chi connectivity index (χ2v) is 7.30. The van der Waals surface area contributed by atoms with Crippen LogP contribution in [0.2, 0.25) is 0 Å². The average Bonchev–Trinajstić information content (AvgIpc) is 2.29. The molecule has 1 aliphatic carbocycles. The third-order valence-electron chi connectivity index (χ3n) is 4.61. The highest BCUT2D eigenvalue weighted by Gasteiger charge is 2.29. The Morgan fingerprint density at radius 2 is 1.72 bits per heavy atom. The van der Waals surface area contributed by atoms with E-state index in [9.17, 15) is 0 Å². The van der Waals surface area contributed by atoms with Crippen LogP contribution in [-0.4, -0.2) is 38.6 Å². The Hall–Kier alpha value is -0.0800. The maximum Gasteiger partial charge on any atom is 0.000662 e. The lowest BCUT2D eigenvalue weighted by Crippen LogP contribution is -2.32. The topological polar surface area (TPSA) is 15.3 Å². The van der Waals surface area contributed by atoms with Crippen molar-refractivity contribution in [1.29, 1.82) is 0 Å². The zero-order chi connectivity index (χ0) is 13.6. The largest absolute Gasteiger partial charge is 0.320 e. The van der Waals surface area contributed by atoms with Gasteiger partial charge in [0.2, 0.25) is 0 Å². The molecule has 0 aromatic rings. The normalized spacial score (nSPS) is 25.7. The minimum absolute atomic E-state index is 0.518. The molecule has 2 heteroatoms. The summed E-state index contributed by atoms with van der Waals surface area (Å²) >= 11 is 0. The van der Waals surface area contributed by atoms with Crippen LogP contribution in [0.5, 0.6) is 0 Å². The molecule has 2 nitrogen and oxygen atoms in total. The van der Waals surface area contributed by atoms with E-state index in [-0.39, 0.29) is 0 Å². The van der Waals surface area contributed by atoms with Crippen LogP contribution in [0.4, 0.5) is 0 Å². The fraction of sp³-hybridized carbons (Fsp3) is 1.00. The standard InChI is InChI=1S/C16H34N2/c1-16(2,3)15-9-7-14(8-10-15)13-18(5)12-6-11-17-4/h14-15,17H,6-13H2,1-5H3. The minimum atomic E-state index is 0.518. The zero-order valence-electron chi connectivity index (χ0n) is 13.3. The lowest BCUT2D eigenvalue weighted by atomic mass is 9.70. The van der Waals surface area contributed by atoms with E-state index in [1.54, 1.807) is 0 Å². The van der Waals surface area contributed by atoms with Crippen molar-refractivity contribution in [3.8, 4) is 0 Å². The molecule has 1 N–H and O–H groups in total. The first kappa shape index (κ1) is 16.0. The molecule has 0 atom stereocenters. The van der Waals surface area contributed by atoms with E-state index in [4.69, 9.17) is 0 Å². The number of rotatable bonds is 6. The molecule has 0 aromatic heterocycles. The molecule has 0 aromatic carbocycles. The van der Waals surface area contributed by atoms with E-state index in [0.717, 1.165) is 18.4 Å². The molecule has 0 amide bonds. The third-order valence-corrected chi connectivity index (χ3v) is 4.61. The number of hydrogen-bond donors (Lipinski definition) is 1.